The molecule has 1 fully saturated rings. The second kappa shape index (κ2) is 5.25. The number of amides is 2. The third-order valence-electron chi connectivity index (χ3n) is 3.78. The van der Waals surface area contributed by atoms with Gasteiger partial charge in [0.25, 0.3) is 5.91 Å². The first kappa shape index (κ1) is 14.2. The molecule has 22 heavy (non-hydrogen) atoms. The van der Waals surface area contributed by atoms with Gasteiger partial charge < -0.3 is 0 Å². The molecule has 2 aromatic rings. The van der Waals surface area contributed by atoms with Crippen molar-refractivity contribution in [3.8, 4) is 11.4 Å². The van der Waals surface area contributed by atoms with E-state index < -0.39 is 11.9 Å². The van der Waals surface area contributed by atoms with Gasteiger partial charge in [-0.3, -0.25) is 19.5 Å². The largest absolute Gasteiger partial charge is 0.346 e. The Morgan fingerprint density at radius 2 is 2.05 bits per heavy atom. The Kier molecular flexibility index (Phi) is 3.40. The summed E-state index contributed by atoms with van der Waals surface area (Å²) >= 11 is 0. The van der Waals surface area contributed by atoms with Crippen LogP contribution in [0.25, 0.3) is 11.4 Å². The average molecular weight is 300 g/mol. The Morgan fingerprint density at radius 1 is 1.27 bits per heavy atom. The molecule has 1 aliphatic heterocycles. The maximum absolute atomic E-state index is 12.4. The van der Waals surface area contributed by atoms with Crippen LogP contribution < -0.4 is 11.0 Å². The topological polar surface area (TPSA) is 86.0 Å². The number of rotatable bonds is 2. The Labute approximate surface area is 126 Å². The number of carbonyl (C=O) groups is 2. The SMILES string of the molecule is Cc1cccc(-c2nn(C3CCC(=O)NC3=O)c(=O)n2C)c1. The van der Waals surface area contributed by atoms with E-state index >= 15 is 0 Å². The van der Waals surface area contributed by atoms with Gasteiger partial charge in [-0.25, -0.2) is 9.48 Å². The van der Waals surface area contributed by atoms with Crippen LogP contribution >= 0.6 is 0 Å². The number of benzene rings is 1. The van der Waals surface area contributed by atoms with Crippen LogP contribution in [0.3, 0.4) is 0 Å². The van der Waals surface area contributed by atoms with Crippen LogP contribution in [0.2, 0.25) is 0 Å². The molecule has 0 bridgehead atoms. The quantitative estimate of drug-likeness (QED) is 0.820. The normalized spacial score (nSPS) is 18.4. The number of carbonyl (C=O) groups excluding carboxylic acids is 2. The summed E-state index contributed by atoms with van der Waals surface area (Å²) in [5, 5.41) is 6.56. The molecule has 3 rings (SSSR count). The van der Waals surface area contributed by atoms with Crippen molar-refractivity contribution in [1.82, 2.24) is 19.7 Å². The lowest BCUT2D eigenvalue weighted by molar-refractivity contribution is -0.136. The molecule has 1 aromatic heterocycles. The molecule has 1 N–H and O–H groups in total. The molecule has 0 radical (unpaired) electrons. The van der Waals surface area contributed by atoms with E-state index in [0.29, 0.717) is 5.82 Å². The summed E-state index contributed by atoms with van der Waals surface area (Å²) in [6.45, 7) is 1.96. The number of nitrogens with one attached hydrogen (secondary N) is 1. The van der Waals surface area contributed by atoms with Crippen LogP contribution in [-0.2, 0) is 16.6 Å². The highest BCUT2D eigenvalue weighted by atomic mass is 16.2. The van der Waals surface area contributed by atoms with Crippen molar-refractivity contribution < 1.29 is 9.59 Å². The van der Waals surface area contributed by atoms with Crippen molar-refractivity contribution >= 4 is 11.8 Å². The fourth-order valence-electron chi connectivity index (χ4n) is 2.61. The second-order valence-electron chi connectivity index (χ2n) is 5.45. The Morgan fingerprint density at radius 3 is 2.73 bits per heavy atom. The van der Waals surface area contributed by atoms with Crippen LogP contribution in [0.4, 0.5) is 0 Å². The summed E-state index contributed by atoms with van der Waals surface area (Å²) in [7, 11) is 1.62. The molecular weight excluding hydrogens is 284 g/mol. The van der Waals surface area contributed by atoms with Crippen molar-refractivity contribution in [2.45, 2.75) is 25.8 Å². The molecule has 1 aromatic carbocycles. The molecule has 1 saturated heterocycles. The highest BCUT2D eigenvalue weighted by Crippen LogP contribution is 2.20. The third kappa shape index (κ3) is 2.34. The summed E-state index contributed by atoms with van der Waals surface area (Å²) in [5.74, 6) is -0.297. The van der Waals surface area contributed by atoms with Gasteiger partial charge >= 0.3 is 5.69 Å². The summed E-state index contributed by atoms with van der Waals surface area (Å²) in [6, 6.07) is 6.90. The van der Waals surface area contributed by atoms with Crippen LogP contribution in [0, 0.1) is 6.92 Å². The Balaban J connectivity index is 2.05. The van der Waals surface area contributed by atoms with Crippen molar-refractivity contribution in [3.05, 3.63) is 40.3 Å². The summed E-state index contributed by atoms with van der Waals surface area (Å²) in [4.78, 5) is 35.5. The van der Waals surface area contributed by atoms with Gasteiger partial charge in [0.15, 0.2) is 5.82 Å². The molecule has 2 amide bonds. The van der Waals surface area contributed by atoms with Crippen LogP contribution in [0.5, 0.6) is 0 Å². The molecule has 2 heterocycles. The van der Waals surface area contributed by atoms with Crippen molar-refractivity contribution in [1.29, 1.82) is 0 Å². The maximum Gasteiger partial charge on any atom is 0.346 e. The second-order valence-corrected chi connectivity index (χ2v) is 5.45. The molecule has 0 aliphatic carbocycles. The maximum atomic E-state index is 12.4. The molecule has 114 valence electrons. The number of piperidine rings is 1. The zero-order valence-corrected chi connectivity index (χ0v) is 12.4. The van der Waals surface area contributed by atoms with Gasteiger partial charge in [-0.2, -0.15) is 0 Å². The first-order valence-corrected chi connectivity index (χ1v) is 7.03. The minimum Gasteiger partial charge on any atom is -0.295 e. The smallest absolute Gasteiger partial charge is 0.295 e. The van der Waals surface area contributed by atoms with Gasteiger partial charge in [-0.1, -0.05) is 23.8 Å². The number of hydrogen-bond acceptors (Lipinski definition) is 4. The molecule has 7 heteroatoms. The molecule has 1 atom stereocenters. The van der Waals surface area contributed by atoms with Crippen molar-refractivity contribution in [2.24, 2.45) is 7.05 Å². The van der Waals surface area contributed by atoms with Gasteiger partial charge in [0.2, 0.25) is 5.91 Å². The monoisotopic (exact) mass is 300 g/mol. The van der Waals surface area contributed by atoms with Gasteiger partial charge in [0, 0.05) is 19.0 Å². The van der Waals surface area contributed by atoms with E-state index in [1.165, 1.54) is 9.25 Å². The first-order valence-electron chi connectivity index (χ1n) is 7.03. The van der Waals surface area contributed by atoms with Gasteiger partial charge in [0.1, 0.15) is 6.04 Å². The third-order valence-corrected chi connectivity index (χ3v) is 3.78. The lowest BCUT2D eigenvalue weighted by Crippen LogP contribution is -2.44. The molecule has 0 spiro atoms. The standard InChI is InChI=1S/C15H16N4O3/c1-9-4-3-5-10(8-9)13-17-19(15(22)18(13)2)11-6-7-12(20)16-14(11)21/h3-5,8,11H,6-7H2,1-2H3,(H,16,20,21). The van der Waals surface area contributed by atoms with E-state index in [-0.39, 0.29) is 24.4 Å². The number of aromatic nitrogens is 3. The number of aryl methyl sites for hydroxylation is 1. The number of hydrogen-bond donors (Lipinski definition) is 1. The summed E-state index contributed by atoms with van der Waals surface area (Å²) in [6.07, 6.45) is 0.494. The lowest BCUT2D eigenvalue weighted by Gasteiger charge is -2.19. The fourth-order valence-corrected chi connectivity index (χ4v) is 2.61. The highest BCUT2D eigenvalue weighted by Gasteiger charge is 2.31. The van der Waals surface area contributed by atoms with Gasteiger partial charge in [-0.05, 0) is 19.4 Å². The van der Waals surface area contributed by atoms with Gasteiger partial charge in [-0.15, -0.1) is 5.10 Å². The fraction of sp³-hybridized carbons (Fsp3) is 0.333. The zero-order chi connectivity index (χ0) is 15.9. The Hall–Kier alpha value is -2.70. The highest BCUT2D eigenvalue weighted by molar-refractivity contribution is 5.99. The zero-order valence-electron chi connectivity index (χ0n) is 12.4. The minimum absolute atomic E-state index is 0.208. The minimum atomic E-state index is -0.741. The van der Waals surface area contributed by atoms with Crippen LogP contribution in [0.15, 0.2) is 29.1 Å². The van der Waals surface area contributed by atoms with Gasteiger partial charge in [0.05, 0.1) is 0 Å². The van der Waals surface area contributed by atoms with E-state index in [4.69, 9.17) is 0 Å². The molecular formula is C15H16N4O3. The van der Waals surface area contributed by atoms with E-state index in [2.05, 4.69) is 10.4 Å². The number of nitrogens with zero attached hydrogens (tertiary/aromatic N) is 3. The van der Waals surface area contributed by atoms with E-state index in [9.17, 15) is 14.4 Å². The lowest BCUT2D eigenvalue weighted by atomic mass is 10.1. The van der Waals surface area contributed by atoms with E-state index in [0.717, 1.165) is 11.1 Å². The predicted molar refractivity (Wildman–Crippen MR) is 79.1 cm³/mol. The summed E-state index contributed by atoms with van der Waals surface area (Å²) < 4.78 is 2.58. The average Bonchev–Trinajstić information content (AvgIpc) is 2.76. The predicted octanol–water partition coefficient (Wildman–Crippen LogP) is 0.535. The first-order chi connectivity index (χ1) is 10.5. The van der Waals surface area contributed by atoms with Crippen LogP contribution in [-0.4, -0.2) is 26.2 Å². The summed E-state index contributed by atoms with van der Waals surface area (Å²) in [5.41, 5.74) is 1.50. The molecule has 7 nitrogen and oxygen atoms in total. The Bertz CT molecular complexity index is 818. The van der Waals surface area contributed by atoms with Crippen molar-refractivity contribution in [3.63, 3.8) is 0 Å². The molecule has 1 unspecified atom stereocenters. The van der Waals surface area contributed by atoms with Crippen LogP contribution in [0.1, 0.15) is 24.4 Å². The molecule has 1 aliphatic rings. The number of imide groups is 1. The van der Waals surface area contributed by atoms with Crippen molar-refractivity contribution in [2.75, 3.05) is 0 Å². The van der Waals surface area contributed by atoms with E-state index in [1.807, 2.05) is 31.2 Å². The van der Waals surface area contributed by atoms with E-state index in [1.54, 1.807) is 7.05 Å². The molecule has 0 saturated carbocycles.